The fourth-order valence-corrected chi connectivity index (χ4v) is 4.34. The molecule has 5 rings (SSSR count). The summed E-state index contributed by atoms with van der Waals surface area (Å²) in [5.74, 6) is 0.00794. The molecule has 2 aliphatic rings. The standard InChI is InChI=1S/C23H24N4O.ClH/c28-23(20-14-16-6-1-2-7-17(16)15-25-20)26-19-9-10-21(27-12-3-4-13-27)22-18(19)8-5-11-24-22;/h1-2,5-11,20,25H,3-4,12-15H2,(H,26,28);1H/t20-;/m1./s1. The van der Waals surface area contributed by atoms with Gasteiger partial charge in [0.25, 0.3) is 0 Å². The van der Waals surface area contributed by atoms with Crippen LogP contribution in [0.3, 0.4) is 0 Å². The number of nitrogens with zero attached hydrogens (tertiary/aromatic N) is 2. The van der Waals surface area contributed by atoms with E-state index in [0.29, 0.717) is 6.42 Å². The van der Waals surface area contributed by atoms with Gasteiger partial charge in [-0.25, -0.2) is 0 Å². The van der Waals surface area contributed by atoms with Crippen LogP contribution in [0.2, 0.25) is 0 Å². The number of fused-ring (bicyclic) bond motifs is 2. The molecule has 1 atom stereocenters. The fraction of sp³-hybridized carbons (Fsp3) is 0.304. The maximum absolute atomic E-state index is 13.0. The quantitative estimate of drug-likeness (QED) is 0.689. The predicted molar refractivity (Wildman–Crippen MR) is 120 cm³/mol. The Morgan fingerprint density at radius 2 is 1.83 bits per heavy atom. The Morgan fingerprint density at radius 1 is 1.03 bits per heavy atom. The third-order valence-corrected chi connectivity index (χ3v) is 5.85. The molecule has 2 aliphatic heterocycles. The molecular formula is C23H25ClN4O. The number of nitrogens with one attached hydrogen (secondary N) is 2. The first-order valence-electron chi connectivity index (χ1n) is 10.0. The highest BCUT2D eigenvalue weighted by Gasteiger charge is 2.25. The van der Waals surface area contributed by atoms with E-state index < -0.39 is 0 Å². The van der Waals surface area contributed by atoms with E-state index in [1.54, 1.807) is 0 Å². The molecule has 2 aromatic carbocycles. The molecule has 1 saturated heterocycles. The molecule has 6 heteroatoms. The Balaban J connectivity index is 0.00000205. The molecule has 0 unspecified atom stereocenters. The van der Waals surface area contributed by atoms with Gasteiger partial charge in [-0.1, -0.05) is 24.3 Å². The van der Waals surface area contributed by atoms with Crippen molar-refractivity contribution in [1.29, 1.82) is 0 Å². The van der Waals surface area contributed by atoms with Crippen LogP contribution >= 0.6 is 12.4 Å². The van der Waals surface area contributed by atoms with Gasteiger partial charge in [-0.15, -0.1) is 12.4 Å². The van der Waals surface area contributed by atoms with Gasteiger partial charge in [-0.05, 0) is 54.7 Å². The van der Waals surface area contributed by atoms with Crippen molar-refractivity contribution in [3.05, 3.63) is 65.9 Å². The largest absolute Gasteiger partial charge is 0.370 e. The molecule has 5 nitrogen and oxygen atoms in total. The van der Waals surface area contributed by atoms with Crippen LogP contribution < -0.4 is 15.5 Å². The summed E-state index contributed by atoms with van der Waals surface area (Å²) in [6.45, 7) is 2.87. The van der Waals surface area contributed by atoms with Crippen molar-refractivity contribution in [1.82, 2.24) is 10.3 Å². The first-order chi connectivity index (χ1) is 13.8. The molecule has 1 aromatic heterocycles. The van der Waals surface area contributed by atoms with Crippen molar-refractivity contribution in [2.45, 2.75) is 31.8 Å². The van der Waals surface area contributed by atoms with E-state index in [9.17, 15) is 4.79 Å². The SMILES string of the molecule is Cl.O=C(Nc1ccc(N2CCCC2)c2ncccc12)[C@H]1Cc2ccccc2CN1. The fourth-order valence-electron chi connectivity index (χ4n) is 4.34. The number of amides is 1. The molecule has 3 heterocycles. The highest BCUT2D eigenvalue weighted by atomic mass is 35.5. The lowest BCUT2D eigenvalue weighted by Crippen LogP contribution is -2.44. The third-order valence-electron chi connectivity index (χ3n) is 5.85. The second-order valence-corrected chi connectivity index (χ2v) is 7.62. The summed E-state index contributed by atoms with van der Waals surface area (Å²) in [7, 11) is 0. The van der Waals surface area contributed by atoms with Gasteiger partial charge in [0.1, 0.15) is 0 Å². The van der Waals surface area contributed by atoms with Crippen LogP contribution in [0.4, 0.5) is 11.4 Å². The van der Waals surface area contributed by atoms with Gasteiger partial charge in [0, 0.05) is 31.2 Å². The predicted octanol–water partition coefficient (Wildman–Crippen LogP) is 3.91. The summed E-state index contributed by atoms with van der Waals surface area (Å²) in [5.41, 5.74) is 5.48. The van der Waals surface area contributed by atoms with Crippen molar-refractivity contribution in [3.63, 3.8) is 0 Å². The van der Waals surface area contributed by atoms with Crippen LogP contribution in [-0.4, -0.2) is 30.0 Å². The second kappa shape index (κ2) is 8.39. The van der Waals surface area contributed by atoms with Crippen LogP contribution in [0.1, 0.15) is 24.0 Å². The van der Waals surface area contributed by atoms with E-state index in [2.05, 4.69) is 38.7 Å². The zero-order chi connectivity index (χ0) is 18.9. The maximum Gasteiger partial charge on any atom is 0.241 e. The minimum absolute atomic E-state index is 0. The van der Waals surface area contributed by atoms with Crippen LogP contribution in [0, 0.1) is 0 Å². The van der Waals surface area contributed by atoms with Crippen molar-refractivity contribution in [2.75, 3.05) is 23.3 Å². The topological polar surface area (TPSA) is 57.3 Å². The van der Waals surface area contributed by atoms with Gasteiger partial charge in [-0.3, -0.25) is 9.78 Å². The lowest BCUT2D eigenvalue weighted by molar-refractivity contribution is -0.118. The average Bonchev–Trinajstić information content (AvgIpc) is 3.28. The number of anilines is 2. The van der Waals surface area contributed by atoms with Crippen LogP contribution in [-0.2, 0) is 17.8 Å². The molecule has 1 amide bonds. The summed E-state index contributed by atoms with van der Waals surface area (Å²) in [4.78, 5) is 20.0. The molecule has 29 heavy (non-hydrogen) atoms. The molecule has 0 saturated carbocycles. The van der Waals surface area contributed by atoms with Gasteiger partial charge >= 0.3 is 0 Å². The number of halogens is 1. The molecule has 3 aromatic rings. The first kappa shape index (κ1) is 19.7. The van der Waals surface area contributed by atoms with Gasteiger partial charge in [0.2, 0.25) is 5.91 Å². The Hall–Kier alpha value is -2.63. The summed E-state index contributed by atoms with van der Waals surface area (Å²) >= 11 is 0. The Bertz CT molecular complexity index is 1030. The number of aromatic nitrogens is 1. The normalized spacial score (nSPS) is 18.2. The van der Waals surface area contributed by atoms with E-state index in [0.717, 1.165) is 41.9 Å². The van der Waals surface area contributed by atoms with Crippen LogP contribution in [0.25, 0.3) is 10.9 Å². The first-order valence-corrected chi connectivity index (χ1v) is 10.0. The Labute approximate surface area is 176 Å². The van der Waals surface area contributed by atoms with Crippen molar-refractivity contribution in [2.24, 2.45) is 0 Å². The third kappa shape index (κ3) is 3.80. The van der Waals surface area contributed by atoms with Crippen LogP contribution in [0.5, 0.6) is 0 Å². The molecule has 0 aliphatic carbocycles. The van der Waals surface area contributed by atoms with Crippen LogP contribution in [0.15, 0.2) is 54.7 Å². The van der Waals surface area contributed by atoms with E-state index in [1.165, 1.54) is 24.0 Å². The summed E-state index contributed by atoms with van der Waals surface area (Å²) < 4.78 is 0. The van der Waals surface area contributed by atoms with Gasteiger partial charge in [0.15, 0.2) is 0 Å². The van der Waals surface area contributed by atoms with Gasteiger partial charge < -0.3 is 15.5 Å². The molecular weight excluding hydrogens is 384 g/mol. The summed E-state index contributed by atoms with van der Waals surface area (Å²) in [6, 6.07) is 16.2. The highest BCUT2D eigenvalue weighted by Crippen LogP contribution is 2.32. The number of carbonyl (C=O) groups is 1. The van der Waals surface area contributed by atoms with Crippen molar-refractivity contribution >= 4 is 40.6 Å². The second-order valence-electron chi connectivity index (χ2n) is 7.62. The molecule has 150 valence electrons. The van der Waals surface area contributed by atoms with E-state index in [-0.39, 0.29) is 24.4 Å². The number of rotatable bonds is 3. The number of carbonyl (C=O) groups excluding carboxylic acids is 1. The summed E-state index contributed by atoms with van der Waals surface area (Å²) in [5, 5.41) is 7.50. The number of hydrogen-bond donors (Lipinski definition) is 2. The zero-order valence-corrected chi connectivity index (χ0v) is 17.0. The lowest BCUT2D eigenvalue weighted by Gasteiger charge is -2.26. The Kier molecular flexibility index (Phi) is 5.69. The average molecular weight is 409 g/mol. The monoisotopic (exact) mass is 408 g/mol. The van der Waals surface area contributed by atoms with Crippen molar-refractivity contribution in [3.8, 4) is 0 Å². The van der Waals surface area contributed by atoms with E-state index >= 15 is 0 Å². The summed E-state index contributed by atoms with van der Waals surface area (Å²) in [6.07, 6.45) is 4.99. The van der Waals surface area contributed by atoms with E-state index in [1.807, 2.05) is 36.5 Å². The molecule has 0 spiro atoms. The molecule has 0 radical (unpaired) electrons. The minimum atomic E-state index is -0.222. The lowest BCUT2D eigenvalue weighted by atomic mass is 9.95. The Morgan fingerprint density at radius 3 is 2.66 bits per heavy atom. The highest BCUT2D eigenvalue weighted by molar-refractivity contribution is 6.06. The number of pyridine rings is 1. The smallest absolute Gasteiger partial charge is 0.241 e. The zero-order valence-electron chi connectivity index (χ0n) is 16.2. The molecule has 2 N–H and O–H groups in total. The minimum Gasteiger partial charge on any atom is -0.370 e. The van der Waals surface area contributed by atoms with E-state index in [4.69, 9.17) is 0 Å². The maximum atomic E-state index is 13.0. The molecule has 0 bridgehead atoms. The van der Waals surface area contributed by atoms with Gasteiger partial charge in [0.05, 0.1) is 22.9 Å². The molecule has 1 fully saturated rings. The number of hydrogen-bond acceptors (Lipinski definition) is 4. The number of benzene rings is 2. The van der Waals surface area contributed by atoms with Gasteiger partial charge in [-0.2, -0.15) is 0 Å². The van der Waals surface area contributed by atoms with Crippen molar-refractivity contribution < 1.29 is 4.79 Å².